The Morgan fingerprint density at radius 2 is 2.18 bits per heavy atom. The first-order chi connectivity index (χ1) is 13.5. The summed E-state index contributed by atoms with van der Waals surface area (Å²) in [6.07, 6.45) is 4.83. The number of piperidine rings is 1. The fourth-order valence-corrected chi connectivity index (χ4v) is 3.73. The van der Waals surface area contributed by atoms with E-state index >= 15 is 0 Å². The van der Waals surface area contributed by atoms with Crippen molar-refractivity contribution in [1.82, 2.24) is 24.4 Å². The molecule has 1 aliphatic heterocycles. The lowest BCUT2D eigenvalue weighted by Gasteiger charge is -2.33. The molecule has 1 fully saturated rings. The van der Waals surface area contributed by atoms with Crippen molar-refractivity contribution in [3.8, 4) is 0 Å². The van der Waals surface area contributed by atoms with Crippen LogP contribution in [0.4, 0.5) is 5.95 Å². The summed E-state index contributed by atoms with van der Waals surface area (Å²) in [6, 6.07) is 1.63. The summed E-state index contributed by atoms with van der Waals surface area (Å²) in [4.78, 5) is 45.1. The molecule has 0 spiro atoms. The third-order valence-electron chi connectivity index (χ3n) is 5.25. The Labute approximate surface area is 159 Å². The molecule has 148 valence electrons. The number of aryl methyl sites for hydroxylation is 2. The van der Waals surface area contributed by atoms with Crippen molar-refractivity contribution in [3.05, 3.63) is 45.0 Å². The maximum Gasteiger partial charge on any atom is 0.329 e. The molecule has 3 aromatic rings. The minimum Gasteiger partial charge on any atom is -0.472 e. The van der Waals surface area contributed by atoms with Crippen LogP contribution in [0.1, 0.15) is 23.2 Å². The van der Waals surface area contributed by atoms with E-state index in [1.54, 1.807) is 24.7 Å². The van der Waals surface area contributed by atoms with E-state index in [1.165, 1.54) is 17.1 Å². The van der Waals surface area contributed by atoms with Gasteiger partial charge in [0.25, 0.3) is 11.5 Å². The Morgan fingerprint density at radius 1 is 1.36 bits per heavy atom. The zero-order chi connectivity index (χ0) is 19.8. The van der Waals surface area contributed by atoms with Gasteiger partial charge in [-0.3, -0.25) is 19.1 Å². The Hall–Kier alpha value is -3.30. The molecular formula is C18H22N6O4. The summed E-state index contributed by atoms with van der Waals surface area (Å²) in [7, 11) is 3.36. The van der Waals surface area contributed by atoms with E-state index in [1.807, 2.05) is 0 Å². The summed E-state index contributed by atoms with van der Waals surface area (Å²) < 4.78 is 8.00. The number of aromatic amines is 1. The van der Waals surface area contributed by atoms with Crippen LogP contribution in [0, 0.1) is 5.92 Å². The maximum absolute atomic E-state index is 12.2. The second-order valence-electron chi connectivity index (χ2n) is 7.14. The van der Waals surface area contributed by atoms with Crippen molar-refractivity contribution in [1.29, 1.82) is 0 Å². The number of H-pyrrole nitrogens is 1. The predicted octanol–water partition coefficient (Wildman–Crippen LogP) is 0.200. The van der Waals surface area contributed by atoms with Gasteiger partial charge in [0.2, 0.25) is 5.95 Å². The van der Waals surface area contributed by atoms with E-state index in [-0.39, 0.29) is 11.8 Å². The fraction of sp³-hybridized carbons (Fsp3) is 0.444. The highest BCUT2D eigenvalue weighted by atomic mass is 16.3. The molecule has 0 aliphatic carbocycles. The second-order valence-corrected chi connectivity index (χ2v) is 7.14. The number of nitrogens with one attached hydrogen (secondary N) is 2. The molecule has 0 saturated carbocycles. The quantitative estimate of drug-likeness (QED) is 0.661. The topological polar surface area (TPSA) is 118 Å². The third-order valence-corrected chi connectivity index (χ3v) is 5.25. The van der Waals surface area contributed by atoms with Crippen LogP contribution in [0.5, 0.6) is 0 Å². The zero-order valence-corrected chi connectivity index (χ0v) is 15.8. The van der Waals surface area contributed by atoms with E-state index in [0.717, 1.165) is 19.4 Å². The van der Waals surface area contributed by atoms with Crippen molar-refractivity contribution < 1.29 is 9.21 Å². The highest BCUT2D eigenvalue weighted by Crippen LogP contribution is 2.24. The van der Waals surface area contributed by atoms with Crippen LogP contribution in [-0.2, 0) is 14.1 Å². The van der Waals surface area contributed by atoms with Crippen LogP contribution in [-0.4, -0.2) is 44.6 Å². The number of amides is 1. The minimum atomic E-state index is -0.486. The molecular weight excluding hydrogens is 364 g/mol. The average Bonchev–Trinajstić information content (AvgIpc) is 3.33. The average molecular weight is 386 g/mol. The van der Waals surface area contributed by atoms with Crippen LogP contribution >= 0.6 is 0 Å². The Morgan fingerprint density at radius 3 is 2.93 bits per heavy atom. The SMILES string of the molecule is Cn1c(N2CCCC(CNC(=O)c3ccoc3)C2)nc2c1c(=O)[nH]c(=O)n2C. The summed E-state index contributed by atoms with van der Waals surface area (Å²) in [5.74, 6) is 0.745. The molecule has 28 heavy (non-hydrogen) atoms. The first kappa shape index (κ1) is 18.1. The number of furan rings is 1. The Bertz CT molecular complexity index is 1120. The largest absolute Gasteiger partial charge is 0.472 e. The molecule has 3 aromatic heterocycles. The Balaban J connectivity index is 1.53. The van der Waals surface area contributed by atoms with Crippen LogP contribution in [0.25, 0.3) is 11.2 Å². The monoisotopic (exact) mass is 386 g/mol. The predicted molar refractivity (Wildman–Crippen MR) is 103 cm³/mol. The van der Waals surface area contributed by atoms with Crippen LogP contribution in [0.2, 0.25) is 0 Å². The van der Waals surface area contributed by atoms with Gasteiger partial charge in [0.05, 0.1) is 11.8 Å². The number of anilines is 1. The van der Waals surface area contributed by atoms with Crippen molar-refractivity contribution in [2.45, 2.75) is 12.8 Å². The normalized spacial score (nSPS) is 17.2. The van der Waals surface area contributed by atoms with Gasteiger partial charge in [-0.2, -0.15) is 4.98 Å². The van der Waals surface area contributed by atoms with Crippen molar-refractivity contribution in [3.63, 3.8) is 0 Å². The van der Waals surface area contributed by atoms with Gasteiger partial charge >= 0.3 is 5.69 Å². The Kier molecular flexibility index (Phi) is 4.54. The highest BCUT2D eigenvalue weighted by Gasteiger charge is 2.25. The molecule has 0 aromatic carbocycles. The van der Waals surface area contributed by atoms with E-state index in [9.17, 15) is 14.4 Å². The maximum atomic E-state index is 12.2. The summed E-state index contributed by atoms with van der Waals surface area (Å²) >= 11 is 0. The van der Waals surface area contributed by atoms with Crippen molar-refractivity contribution >= 4 is 23.0 Å². The number of hydrogen-bond acceptors (Lipinski definition) is 6. The number of rotatable bonds is 4. The number of nitrogens with zero attached hydrogens (tertiary/aromatic N) is 4. The van der Waals surface area contributed by atoms with Gasteiger partial charge in [-0.05, 0) is 24.8 Å². The van der Waals surface area contributed by atoms with Gasteiger partial charge in [0.1, 0.15) is 6.26 Å². The number of imidazole rings is 1. The van der Waals surface area contributed by atoms with Gasteiger partial charge in [-0.1, -0.05) is 0 Å². The van der Waals surface area contributed by atoms with Gasteiger partial charge in [0, 0.05) is 33.7 Å². The van der Waals surface area contributed by atoms with Gasteiger partial charge in [0.15, 0.2) is 11.2 Å². The molecule has 1 aliphatic rings. The van der Waals surface area contributed by atoms with Gasteiger partial charge in [-0.25, -0.2) is 4.79 Å². The first-order valence-corrected chi connectivity index (χ1v) is 9.16. The summed E-state index contributed by atoms with van der Waals surface area (Å²) in [6.45, 7) is 2.05. The molecule has 10 heteroatoms. The molecule has 4 rings (SSSR count). The minimum absolute atomic E-state index is 0.157. The lowest BCUT2D eigenvalue weighted by atomic mass is 9.98. The van der Waals surface area contributed by atoms with Crippen LogP contribution < -0.4 is 21.5 Å². The van der Waals surface area contributed by atoms with Crippen LogP contribution in [0.15, 0.2) is 32.6 Å². The highest BCUT2D eigenvalue weighted by molar-refractivity contribution is 5.93. The number of hydrogen-bond donors (Lipinski definition) is 2. The molecule has 1 atom stereocenters. The number of aromatic nitrogens is 4. The molecule has 2 N–H and O–H groups in total. The molecule has 4 heterocycles. The van der Waals surface area contributed by atoms with Crippen LogP contribution in [0.3, 0.4) is 0 Å². The van der Waals surface area contributed by atoms with Crippen molar-refractivity contribution in [2.24, 2.45) is 20.0 Å². The molecule has 1 unspecified atom stereocenters. The summed E-state index contributed by atoms with van der Waals surface area (Å²) in [5.41, 5.74) is 0.304. The standard InChI is InChI=1S/C18H22N6O4/c1-22-13-14(23(2)18(27)21-16(13)26)20-17(22)24-6-3-4-11(9-24)8-19-15(25)12-5-7-28-10-12/h5,7,10-11H,3-4,6,8-9H2,1-2H3,(H,19,25)(H,21,26,27). The molecule has 1 saturated heterocycles. The first-order valence-electron chi connectivity index (χ1n) is 9.16. The van der Waals surface area contributed by atoms with Crippen molar-refractivity contribution in [2.75, 3.05) is 24.5 Å². The van der Waals surface area contributed by atoms with E-state index in [2.05, 4.69) is 20.2 Å². The fourth-order valence-electron chi connectivity index (χ4n) is 3.73. The van der Waals surface area contributed by atoms with E-state index in [4.69, 9.17) is 4.42 Å². The number of carbonyl (C=O) groups is 1. The number of fused-ring (bicyclic) bond motifs is 1. The third kappa shape index (κ3) is 3.10. The second kappa shape index (κ2) is 7.02. The molecule has 0 radical (unpaired) electrons. The molecule has 1 amide bonds. The summed E-state index contributed by atoms with van der Waals surface area (Å²) in [5, 5.41) is 2.94. The molecule has 10 nitrogen and oxygen atoms in total. The van der Waals surface area contributed by atoms with Gasteiger partial charge in [-0.15, -0.1) is 0 Å². The van der Waals surface area contributed by atoms with E-state index < -0.39 is 11.2 Å². The lowest BCUT2D eigenvalue weighted by molar-refractivity contribution is 0.0945. The zero-order valence-electron chi connectivity index (χ0n) is 15.8. The number of carbonyl (C=O) groups excluding carboxylic acids is 1. The molecule has 0 bridgehead atoms. The lowest BCUT2D eigenvalue weighted by Crippen LogP contribution is -2.42. The van der Waals surface area contributed by atoms with E-state index in [0.29, 0.717) is 35.8 Å². The van der Waals surface area contributed by atoms with Gasteiger partial charge < -0.3 is 19.2 Å². The smallest absolute Gasteiger partial charge is 0.329 e.